The molecule has 2 fully saturated rings. The normalized spacial score (nSPS) is 23.2. The van der Waals surface area contributed by atoms with Crippen LogP contribution in [0.25, 0.3) is 0 Å². The Bertz CT molecular complexity index is 662. The standard InChI is InChI=1S/C21H30N2O3/c1-20(2,3)26-19(25)23(14-21(9-10-21)12-16(22)13-24)18-11-17(18)15-7-5-4-6-8-15/h4-8,17-18,22,24H,9-14H2,1-3H3/t17-,18+/m0/s1. The first-order chi connectivity index (χ1) is 12.2. The summed E-state index contributed by atoms with van der Waals surface area (Å²) < 4.78 is 5.67. The van der Waals surface area contributed by atoms with E-state index >= 15 is 0 Å². The average molecular weight is 358 g/mol. The van der Waals surface area contributed by atoms with E-state index in [0.717, 1.165) is 19.3 Å². The lowest BCUT2D eigenvalue weighted by atomic mass is 9.98. The Labute approximate surface area is 155 Å². The minimum atomic E-state index is -0.527. The van der Waals surface area contributed by atoms with Gasteiger partial charge < -0.3 is 20.2 Å². The lowest BCUT2D eigenvalue weighted by Gasteiger charge is -2.31. The molecule has 2 N–H and O–H groups in total. The van der Waals surface area contributed by atoms with Gasteiger partial charge in [-0.3, -0.25) is 0 Å². The van der Waals surface area contributed by atoms with Crippen molar-refractivity contribution in [1.29, 1.82) is 5.41 Å². The van der Waals surface area contributed by atoms with Crippen molar-refractivity contribution in [3.05, 3.63) is 35.9 Å². The van der Waals surface area contributed by atoms with Crippen molar-refractivity contribution in [2.75, 3.05) is 13.2 Å². The molecule has 0 radical (unpaired) electrons. The molecule has 2 saturated carbocycles. The molecule has 26 heavy (non-hydrogen) atoms. The Kier molecular flexibility index (Phi) is 5.11. The van der Waals surface area contributed by atoms with Crippen molar-refractivity contribution in [1.82, 2.24) is 4.90 Å². The van der Waals surface area contributed by atoms with Crippen molar-refractivity contribution in [2.24, 2.45) is 5.41 Å². The van der Waals surface area contributed by atoms with Crippen LogP contribution in [0.1, 0.15) is 57.9 Å². The van der Waals surface area contributed by atoms with Gasteiger partial charge in [0.25, 0.3) is 0 Å². The lowest BCUT2D eigenvalue weighted by Crippen LogP contribution is -2.42. The highest BCUT2D eigenvalue weighted by Crippen LogP contribution is 2.53. The maximum atomic E-state index is 12.9. The van der Waals surface area contributed by atoms with Gasteiger partial charge in [0.15, 0.2) is 0 Å². The summed E-state index contributed by atoms with van der Waals surface area (Å²) in [4.78, 5) is 14.8. The van der Waals surface area contributed by atoms with Gasteiger partial charge in [0.2, 0.25) is 0 Å². The number of nitrogens with one attached hydrogen (secondary N) is 1. The fourth-order valence-corrected chi connectivity index (χ4v) is 3.66. The Hall–Kier alpha value is -1.88. The van der Waals surface area contributed by atoms with Crippen LogP contribution in [0.15, 0.2) is 30.3 Å². The lowest BCUT2D eigenvalue weighted by molar-refractivity contribution is 0.0189. The van der Waals surface area contributed by atoms with Crippen LogP contribution >= 0.6 is 0 Å². The quantitative estimate of drug-likeness (QED) is 0.725. The average Bonchev–Trinajstić information content (AvgIpc) is 3.48. The number of nitrogens with zero attached hydrogens (tertiary/aromatic N) is 1. The summed E-state index contributed by atoms with van der Waals surface area (Å²) in [6, 6.07) is 10.5. The number of carbonyl (C=O) groups excluding carboxylic acids is 1. The second-order valence-corrected chi connectivity index (χ2v) is 8.87. The fourth-order valence-electron chi connectivity index (χ4n) is 3.66. The number of ether oxygens (including phenoxy) is 1. The summed E-state index contributed by atoms with van der Waals surface area (Å²) in [5.41, 5.74) is 1.03. The molecular weight excluding hydrogens is 328 g/mol. The third-order valence-electron chi connectivity index (χ3n) is 5.25. The van der Waals surface area contributed by atoms with Gasteiger partial charge >= 0.3 is 6.09 Å². The summed E-state index contributed by atoms with van der Waals surface area (Å²) in [6.07, 6.45) is 3.25. The second kappa shape index (κ2) is 7.03. The third-order valence-corrected chi connectivity index (χ3v) is 5.25. The minimum absolute atomic E-state index is 0.0550. The van der Waals surface area contributed by atoms with Crippen LogP contribution in [0.5, 0.6) is 0 Å². The molecular formula is C21H30N2O3. The smallest absolute Gasteiger partial charge is 0.410 e. The van der Waals surface area contributed by atoms with Gasteiger partial charge in [-0.25, -0.2) is 4.79 Å². The molecule has 0 heterocycles. The van der Waals surface area contributed by atoms with Gasteiger partial charge in [-0.05, 0) is 57.4 Å². The van der Waals surface area contributed by atoms with Gasteiger partial charge in [0, 0.05) is 24.2 Å². The van der Waals surface area contributed by atoms with Crippen molar-refractivity contribution in [3.63, 3.8) is 0 Å². The van der Waals surface area contributed by atoms with E-state index in [1.165, 1.54) is 5.56 Å². The first-order valence-corrected chi connectivity index (χ1v) is 9.45. The summed E-state index contributed by atoms with van der Waals surface area (Å²) in [5, 5.41) is 17.0. The second-order valence-electron chi connectivity index (χ2n) is 8.87. The fraction of sp³-hybridized carbons (Fsp3) is 0.619. The zero-order valence-corrected chi connectivity index (χ0v) is 16.0. The van der Waals surface area contributed by atoms with Crippen LogP contribution < -0.4 is 0 Å². The van der Waals surface area contributed by atoms with E-state index in [2.05, 4.69) is 12.1 Å². The number of hydrogen-bond acceptors (Lipinski definition) is 4. The number of benzene rings is 1. The molecule has 0 spiro atoms. The topological polar surface area (TPSA) is 73.6 Å². The van der Waals surface area contributed by atoms with Crippen LogP contribution in [0.2, 0.25) is 0 Å². The monoisotopic (exact) mass is 358 g/mol. The summed E-state index contributed by atoms with van der Waals surface area (Å²) >= 11 is 0. The van der Waals surface area contributed by atoms with Crippen molar-refractivity contribution >= 4 is 11.8 Å². The number of hydrogen-bond donors (Lipinski definition) is 2. The number of amides is 1. The van der Waals surface area contributed by atoms with E-state index in [1.54, 1.807) is 0 Å². The van der Waals surface area contributed by atoms with Gasteiger partial charge in [-0.15, -0.1) is 0 Å². The highest BCUT2D eigenvalue weighted by Gasteiger charge is 2.52. The van der Waals surface area contributed by atoms with Crippen molar-refractivity contribution < 1.29 is 14.6 Å². The largest absolute Gasteiger partial charge is 0.444 e. The number of carbonyl (C=O) groups is 1. The maximum Gasteiger partial charge on any atom is 0.410 e. The Morgan fingerprint density at radius 1 is 1.31 bits per heavy atom. The molecule has 0 unspecified atom stereocenters. The van der Waals surface area contributed by atoms with E-state index in [4.69, 9.17) is 10.1 Å². The van der Waals surface area contributed by atoms with Gasteiger partial charge in [-0.1, -0.05) is 30.3 Å². The molecule has 0 saturated heterocycles. The molecule has 1 amide bonds. The van der Waals surface area contributed by atoms with Crippen molar-refractivity contribution in [2.45, 2.75) is 64.0 Å². The molecule has 5 heteroatoms. The zero-order valence-electron chi connectivity index (χ0n) is 16.0. The van der Waals surface area contributed by atoms with Gasteiger partial charge in [-0.2, -0.15) is 0 Å². The van der Waals surface area contributed by atoms with E-state index in [0.29, 0.717) is 24.6 Å². The molecule has 2 aliphatic carbocycles. The molecule has 2 atom stereocenters. The zero-order chi connectivity index (χ0) is 18.9. The predicted octanol–water partition coefficient (Wildman–Crippen LogP) is 3.96. The molecule has 0 aromatic heterocycles. The van der Waals surface area contributed by atoms with E-state index in [9.17, 15) is 9.90 Å². The van der Waals surface area contributed by atoms with E-state index < -0.39 is 5.60 Å². The highest BCUT2D eigenvalue weighted by atomic mass is 16.6. The first kappa shape index (κ1) is 18.9. The summed E-state index contributed by atoms with van der Waals surface area (Å²) in [7, 11) is 0. The molecule has 2 aliphatic rings. The molecule has 1 aromatic rings. The van der Waals surface area contributed by atoms with Crippen LogP contribution in [-0.4, -0.2) is 46.6 Å². The summed E-state index contributed by atoms with van der Waals surface area (Å²) in [6.45, 7) is 6.07. The number of aliphatic hydroxyl groups is 1. The summed E-state index contributed by atoms with van der Waals surface area (Å²) in [5.74, 6) is 0.358. The molecule has 1 aromatic carbocycles. The van der Waals surface area contributed by atoms with Crippen LogP contribution in [0.3, 0.4) is 0 Å². The predicted molar refractivity (Wildman–Crippen MR) is 102 cm³/mol. The van der Waals surface area contributed by atoms with Crippen LogP contribution in [-0.2, 0) is 4.74 Å². The van der Waals surface area contributed by atoms with Crippen molar-refractivity contribution in [3.8, 4) is 0 Å². The Balaban J connectivity index is 1.73. The third kappa shape index (κ3) is 4.64. The number of rotatable bonds is 7. The van der Waals surface area contributed by atoms with E-state index in [1.807, 2.05) is 43.9 Å². The Morgan fingerprint density at radius 2 is 1.96 bits per heavy atom. The van der Waals surface area contributed by atoms with Crippen LogP contribution in [0.4, 0.5) is 4.79 Å². The Morgan fingerprint density at radius 3 is 2.50 bits per heavy atom. The molecule has 3 rings (SSSR count). The minimum Gasteiger partial charge on any atom is -0.444 e. The van der Waals surface area contributed by atoms with Gasteiger partial charge in [0.05, 0.1) is 6.61 Å². The maximum absolute atomic E-state index is 12.9. The number of aliphatic hydroxyl groups excluding tert-OH is 1. The molecule has 5 nitrogen and oxygen atoms in total. The van der Waals surface area contributed by atoms with E-state index in [-0.39, 0.29) is 24.2 Å². The molecule has 0 aliphatic heterocycles. The SMILES string of the molecule is CC(C)(C)OC(=O)N(CC1(CC(=N)CO)CC1)[C@@H]1C[C@H]1c1ccccc1. The molecule has 0 bridgehead atoms. The van der Waals surface area contributed by atoms with Gasteiger partial charge in [0.1, 0.15) is 5.60 Å². The van der Waals surface area contributed by atoms with Crippen LogP contribution in [0, 0.1) is 10.8 Å². The first-order valence-electron chi connectivity index (χ1n) is 9.45. The molecule has 142 valence electrons. The highest BCUT2D eigenvalue weighted by molar-refractivity contribution is 5.83.